The van der Waals surface area contributed by atoms with Crippen molar-refractivity contribution < 1.29 is 0 Å². The van der Waals surface area contributed by atoms with Crippen molar-refractivity contribution >= 4 is 22.9 Å². The summed E-state index contributed by atoms with van der Waals surface area (Å²) in [4.78, 5) is 2.88. The van der Waals surface area contributed by atoms with Crippen molar-refractivity contribution in [1.29, 1.82) is 0 Å². The van der Waals surface area contributed by atoms with Crippen molar-refractivity contribution in [3.8, 4) is 10.4 Å². The molecule has 0 amide bonds. The first-order valence-electron chi connectivity index (χ1n) is 5.41. The van der Waals surface area contributed by atoms with Gasteiger partial charge in [-0.3, -0.25) is 0 Å². The molecule has 0 spiro atoms. The van der Waals surface area contributed by atoms with Gasteiger partial charge in [-0.2, -0.15) is 0 Å². The zero-order valence-corrected chi connectivity index (χ0v) is 10.4. The second kappa shape index (κ2) is 4.21. The van der Waals surface area contributed by atoms with Gasteiger partial charge in [-0.1, -0.05) is 23.7 Å². The molecule has 0 radical (unpaired) electrons. The van der Waals surface area contributed by atoms with Crippen LogP contribution in [0.4, 0.5) is 0 Å². The molecule has 82 valence electrons. The van der Waals surface area contributed by atoms with Crippen molar-refractivity contribution in [3.05, 3.63) is 45.8 Å². The number of thiophene rings is 1. The Bertz CT molecular complexity index is 478. The first-order valence-corrected chi connectivity index (χ1v) is 6.60. The summed E-state index contributed by atoms with van der Waals surface area (Å²) in [5.41, 5.74) is 2.73. The van der Waals surface area contributed by atoms with E-state index in [9.17, 15) is 0 Å². The van der Waals surface area contributed by atoms with Gasteiger partial charge in [0.25, 0.3) is 0 Å². The molecule has 16 heavy (non-hydrogen) atoms. The van der Waals surface area contributed by atoms with Crippen LogP contribution in [0.1, 0.15) is 10.4 Å². The average molecular weight is 250 g/mol. The molecule has 0 fully saturated rings. The fourth-order valence-corrected chi connectivity index (χ4v) is 3.32. The lowest BCUT2D eigenvalue weighted by atomic mass is 10.1. The minimum absolute atomic E-state index is 0.798. The molecule has 2 heterocycles. The van der Waals surface area contributed by atoms with E-state index in [0.29, 0.717) is 0 Å². The average Bonchev–Trinajstić information content (AvgIpc) is 2.73. The maximum absolute atomic E-state index is 5.89. The molecule has 1 aliphatic heterocycles. The molecule has 1 nitrogen and oxygen atoms in total. The molecule has 3 rings (SSSR count). The summed E-state index contributed by atoms with van der Waals surface area (Å²) in [6.07, 6.45) is 1.16. The molecule has 1 N–H and O–H groups in total. The van der Waals surface area contributed by atoms with Gasteiger partial charge in [0.1, 0.15) is 0 Å². The van der Waals surface area contributed by atoms with Gasteiger partial charge in [0.15, 0.2) is 0 Å². The first-order chi connectivity index (χ1) is 7.83. The van der Waals surface area contributed by atoms with Crippen LogP contribution in [-0.4, -0.2) is 6.54 Å². The predicted octanol–water partition coefficient (Wildman–Crippen LogP) is 3.71. The van der Waals surface area contributed by atoms with E-state index in [4.69, 9.17) is 11.6 Å². The topological polar surface area (TPSA) is 12.0 Å². The highest BCUT2D eigenvalue weighted by molar-refractivity contribution is 7.15. The lowest BCUT2D eigenvalue weighted by Gasteiger charge is -2.10. The van der Waals surface area contributed by atoms with Crippen LogP contribution in [0, 0.1) is 0 Å². The minimum Gasteiger partial charge on any atom is -0.312 e. The van der Waals surface area contributed by atoms with Gasteiger partial charge >= 0.3 is 0 Å². The van der Waals surface area contributed by atoms with Crippen molar-refractivity contribution in [1.82, 2.24) is 5.32 Å². The van der Waals surface area contributed by atoms with Crippen LogP contribution in [0.3, 0.4) is 0 Å². The van der Waals surface area contributed by atoms with Crippen molar-refractivity contribution in [2.45, 2.75) is 13.0 Å². The van der Waals surface area contributed by atoms with Gasteiger partial charge in [-0.05, 0) is 35.7 Å². The maximum Gasteiger partial charge on any atom is 0.0406 e. The Labute approximate surface area is 104 Å². The van der Waals surface area contributed by atoms with E-state index >= 15 is 0 Å². The summed E-state index contributed by atoms with van der Waals surface area (Å²) in [6.45, 7) is 2.12. The minimum atomic E-state index is 0.798. The molecule has 0 unspecified atom stereocenters. The number of benzene rings is 1. The van der Waals surface area contributed by atoms with E-state index in [0.717, 1.165) is 24.5 Å². The monoisotopic (exact) mass is 249 g/mol. The van der Waals surface area contributed by atoms with Crippen molar-refractivity contribution in [2.75, 3.05) is 6.54 Å². The quantitative estimate of drug-likeness (QED) is 0.813. The van der Waals surface area contributed by atoms with Gasteiger partial charge in [0.05, 0.1) is 0 Å². The molecule has 0 saturated carbocycles. The summed E-state index contributed by atoms with van der Waals surface area (Å²) < 4.78 is 0. The highest BCUT2D eigenvalue weighted by Gasteiger charge is 2.13. The zero-order chi connectivity index (χ0) is 11.0. The Hall–Kier alpha value is -0.830. The summed E-state index contributed by atoms with van der Waals surface area (Å²) in [6, 6.07) is 10.4. The second-order valence-electron chi connectivity index (χ2n) is 3.99. The van der Waals surface area contributed by atoms with E-state index in [1.54, 1.807) is 0 Å². The van der Waals surface area contributed by atoms with Gasteiger partial charge in [0.2, 0.25) is 0 Å². The van der Waals surface area contributed by atoms with E-state index in [-0.39, 0.29) is 0 Å². The molecule has 0 atom stereocenters. The molecule has 0 aliphatic carbocycles. The van der Waals surface area contributed by atoms with Crippen LogP contribution >= 0.6 is 22.9 Å². The molecular formula is C13H12ClNS. The summed E-state index contributed by atoms with van der Waals surface area (Å²) in [5, 5.41) is 4.20. The van der Waals surface area contributed by atoms with Gasteiger partial charge in [0, 0.05) is 27.9 Å². The lowest BCUT2D eigenvalue weighted by molar-refractivity contribution is 0.653. The zero-order valence-electron chi connectivity index (χ0n) is 8.79. The smallest absolute Gasteiger partial charge is 0.0406 e. The van der Waals surface area contributed by atoms with Crippen LogP contribution in [0.5, 0.6) is 0 Å². The lowest BCUT2D eigenvalue weighted by Crippen LogP contribution is -2.21. The SMILES string of the molecule is Clc1ccc(-c2cc3c(s2)CCNC3)cc1. The number of rotatable bonds is 1. The number of nitrogens with one attached hydrogen (secondary N) is 1. The number of hydrogen-bond acceptors (Lipinski definition) is 2. The number of hydrogen-bond donors (Lipinski definition) is 1. The fourth-order valence-electron chi connectivity index (χ4n) is 2.01. The predicted molar refractivity (Wildman–Crippen MR) is 70.2 cm³/mol. The third kappa shape index (κ3) is 1.88. The molecule has 1 aromatic heterocycles. The van der Waals surface area contributed by atoms with Crippen molar-refractivity contribution in [3.63, 3.8) is 0 Å². The standard InChI is InChI=1S/C13H12ClNS/c14-11-3-1-9(2-4-11)13-7-10-8-15-6-5-12(10)16-13/h1-4,7,15H,5-6,8H2. The molecule has 0 bridgehead atoms. The molecule has 2 aromatic rings. The Balaban J connectivity index is 2.00. The van der Waals surface area contributed by atoms with E-state index < -0.39 is 0 Å². The maximum atomic E-state index is 5.89. The van der Waals surface area contributed by atoms with Gasteiger partial charge in [-0.25, -0.2) is 0 Å². The Morgan fingerprint density at radius 2 is 2.00 bits per heavy atom. The van der Waals surface area contributed by atoms with Crippen molar-refractivity contribution in [2.24, 2.45) is 0 Å². The summed E-state index contributed by atoms with van der Waals surface area (Å²) in [7, 11) is 0. The Morgan fingerprint density at radius 3 is 2.75 bits per heavy atom. The van der Waals surface area contributed by atoms with Crippen LogP contribution in [0.25, 0.3) is 10.4 Å². The normalized spacial score (nSPS) is 14.8. The van der Waals surface area contributed by atoms with Crippen LogP contribution in [-0.2, 0) is 13.0 Å². The summed E-state index contributed by atoms with van der Waals surface area (Å²) in [5.74, 6) is 0. The molecule has 1 aromatic carbocycles. The number of fused-ring (bicyclic) bond motifs is 1. The highest BCUT2D eigenvalue weighted by Crippen LogP contribution is 2.33. The highest BCUT2D eigenvalue weighted by atomic mass is 35.5. The summed E-state index contributed by atoms with van der Waals surface area (Å²) >= 11 is 7.80. The van der Waals surface area contributed by atoms with E-state index in [2.05, 4.69) is 23.5 Å². The largest absolute Gasteiger partial charge is 0.312 e. The Morgan fingerprint density at radius 1 is 1.19 bits per heavy atom. The van der Waals surface area contributed by atoms with E-state index in [1.165, 1.54) is 20.9 Å². The third-order valence-electron chi connectivity index (χ3n) is 2.87. The molecular weight excluding hydrogens is 238 g/mol. The van der Waals surface area contributed by atoms with Crippen LogP contribution in [0.15, 0.2) is 30.3 Å². The van der Waals surface area contributed by atoms with Crippen LogP contribution < -0.4 is 5.32 Å². The van der Waals surface area contributed by atoms with Gasteiger partial charge < -0.3 is 5.32 Å². The van der Waals surface area contributed by atoms with Crippen LogP contribution in [0.2, 0.25) is 5.02 Å². The second-order valence-corrected chi connectivity index (χ2v) is 5.57. The molecule has 0 saturated heterocycles. The number of halogens is 1. The molecule has 1 aliphatic rings. The third-order valence-corrected chi connectivity index (χ3v) is 4.41. The Kier molecular flexibility index (Phi) is 2.72. The van der Waals surface area contributed by atoms with E-state index in [1.807, 2.05) is 23.5 Å². The fraction of sp³-hybridized carbons (Fsp3) is 0.231. The first kappa shape index (κ1) is 10.3. The molecule has 3 heteroatoms. The van der Waals surface area contributed by atoms with Gasteiger partial charge in [-0.15, -0.1) is 11.3 Å².